The quantitative estimate of drug-likeness (QED) is 0.596. The highest BCUT2D eigenvalue weighted by Gasteiger charge is 2.31. The third kappa shape index (κ3) is 5.73. The molecular weight excluding hydrogens is 277 g/mol. The molecule has 0 aliphatic carbocycles. The molecule has 0 amide bonds. The summed E-state index contributed by atoms with van der Waals surface area (Å²) >= 11 is 0. The number of rotatable bonds is 6. The Morgan fingerprint density at radius 2 is 1.70 bits per heavy atom. The van der Waals surface area contributed by atoms with Crippen molar-refractivity contribution < 1.29 is 32.2 Å². The van der Waals surface area contributed by atoms with Gasteiger partial charge in [-0.3, -0.25) is 9.59 Å². The fraction of sp³-hybridized carbons (Fsp3) is 0.385. The lowest BCUT2D eigenvalue weighted by molar-refractivity contribution is -0.274. The van der Waals surface area contributed by atoms with Crippen LogP contribution in [0.25, 0.3) is 0 Å². The third-order valence-electron chi connectivity index (χ3n) is 2.42. The highest BCUT2D eigenvalue weighted by Crippen LogP contribution is 2.23. The van der Waals surface area contributed by atoms with Crippen molar-refractivity contribution in [2.45, 2.75) is 25.6 Å². The number of halogens is 3. The minimum atomic E-state index is -4.76. The molecule has 0 bridgehead atoms. The van der Waals surface area contributed by atoms with Crippen LogP contribution >= 0.6 is 0 Å². The summed E-state index contributed by atoms with van der Waals surface area (Å²) in [6.45, 7) is 0. The third-order valence-corrected chi connectivity index (χ3v) is 2.42. The van der Waals surface area contributed by atoms with E-state index >= 15 is 0 Å². The Hall–Kier alpha value is -2.05. The molecule has 1 rings (SSSR count). The van der Waals surface area contributed by atoms with Crippen LogP contribution in [0.4, 0.5) is 13.2 Å². The van der Waals surface area contributed by atoms with Gasteiger partial charge < -0.3 is 9.47 Å². The summed E-state index contributed by atoms with van der Waals surface area (Å²) in [4.78, 5) is 22.5. The van der Waals surface area contributed by atoms with Gasteiger partial charge in [0.15, 0.2) is 5.78 Å². The molecule has 0 atom stereocenters. The monoisotopic (exact) mass is 290 g/mol. The van der Waals surface area contributed by atoms with E-state index in [0.717, 1.165) is 12.1 Å². The number of hydrogen-bond donors (Lipinski definition) is 0. The highest BCUT2D eigenvalue weighted by molar-refractivity contribution is 5.96. The van der Waals surface area contributed by atoms with Gasteiger partial charge in [0.2, 0.25) is 0 Å². The first-order chi connectivity index (χ1) is 9.31. The zero-order valence-corrected chi connectivity index (χ0v) is 10.7. The summed E-state index contributed by atoms with van der Waals surface area (Å²) in [6.07, 6.45) is -4.19. The van der Waals surface area contributed by atoms with E-state index in [4.69, 9.17) is 0 Å². The summed E-state index contributed by atoms with van der Waals surface area (Å²) in [7, 11) is 1.25. The molecule has 20 heavy (non-hydrogen) atoms. The molecule has 0 unspecified atom stereocenters. The second-order valence-corrected chi connectivity index (χ2v) is 3.93. The molecule has 7 heteroatoms. The lowest BCUT2D eigenvalue weighted by Crippen LogP contribution is -2.17. The Labute approximate surface area is 113 Å². The molecule has 0 N–H and O–H groups in total. The van der Waals surface area contributed by atoms with Gasteiger partial charge in [0, 0.05) is 18.4 Å². The smallest absolute Gasteiger partial charge is 0.469 e. The van der Waals surface area contributed by atoms with Gasteiger partial charge in [-0.05, 0) is 30.7 Å². The van der Waals surface area contributed by atoms with E-state index in [-0.39, 0.29) is 29.9 Å². The maximum atomic E-state index is 11.9. The number of benzene rings is 1. The van der Waals surface area contributed by atoms with Crippen LogP contribution in [0, 0.1) is 0 Å². The summed E-state index contributed by atoms with van der Waals surface area (Å²) in [5, 5.41) is 0. The second kappa shape index (κ2) is 6.93. The van der Waals surface area contributed by atoms with E-state index in [1.165, 1.54) is 19.2 Å². The second-order valence-electron chi connectivity index (χ2n) is 3.93. The van der Waals surface area contributed by atoms with Gasteiger partial charge in [-0.1, -0.05) is 0 Å². The van der Waals surface area contributed by atoms with Crippen molar-refractivity contribution in [2.24, 2.45) is 0 Å². The van der Waals surface area contributed by atoms with Gasteiger partial charge in [-0.25, -0.2) is 0 Å². The van der Waals surface area contributed by atoms with Crippen molar-refractivity contribution in [1.82, 2.24) is 0 Å². The number of alkyl halides is 3. The predicted molar refractivity (Wildman–Crippen MR) is 63.3 cm³/mol. The average molecular weight is 290 g/mol. The van der Waals surface area contributed by atoms with Crippen molar-refractivity contribution in [1.29, 1.82) is 0 Å². The molecule has 0 aromatic heterocycles. The van der Waals surface area contributed by atoms with Crippen LogP contribution in [-0.4, -0.2) is 25.2 Å². The Bertz CT molecular complexity index is 465. The first-order valence-corrected chi connectivity index (χ1v) is 5.77. The number of carbonyl (C=O) groups excluding carboxylic acids is 2. The van der Waals surface area contributed by atoms with Crippen molar-refractivity contribution in [3.63, 3.8) is 0 Å². The lowest BCUT2D eigenvalue weighted by atomic mass is 10.1. The normalized spacial score (nSPS) is 11.0. The van der Waals surface area contributed by atoms with E-state index in [9.17, 15) is 22.8 Å². The number of ether oxygens (including phenoxy) is 2. The molecule has 0 saturated heterocycles. The van der Waals surface area contributed by atoms with Crippen molar-refractivity contribution >= 4 is 11.8 Å². The molecule has 0 aliphatic heterocycles. The topological polar surface area (TPSA) is 52.6 Å². The first kappa shape index (κ1) is 16.0. The van der Waals surface area contributed by atoms with E-state index in [1.54, 1.807) is 0 Å². The van der Waals surface area contributed by atoms with E-state index in [1.807, 2.05) is 0 Å². The Morgan fingerprint density at radius 1 is 1.10 bits per heavy atom. The zero-order valence-electron chi connectivity index (χ0n) is 10.7. The van der Waals surface area contributed by atoms with Gasteiger partial charge >= 0.3 is 12.3 Å². The van der Waals surface area contributed by atoms with Crippen molar-refractivity contribution in [3.8, 4) is 5.75 Å². The molecule has 110 valence electrons. The number of Topliss-reactive ketones (excluding diaryl/α,β-unsaturated/α-hetero) is 1. The van der Waals surface area contributed by atoms with Crippen LogP contribution < -0.4 is 4.74 Å². The van der Waals surface area contributed by atoms with Crippen molar-refractivity contribution in [3.05, 3.63) is 29.8 Å². The summed E-state index contributed by atoms with van der Waals surface area (Å²) in [5.41, 5.74) is 0.268. The lowest BCUT2D eigenvalue weighted by Gasteiger charge is -2.08. The molecule has 0 fully saturated rings. The van der Waals surface area contributed by atoms with Gasteiger partial charge in [0.25, 0.3) is 0 Å². The number of methoxy groups -OCH3 is 1. The molecule has 1 aromatic carbocycles. The van der Waals surface area contributed by atoms with Crippen LogP contribution in [0.2, 0.25) is 0 Å². The van der Waals surface area contributed by atoms with E-state index in [0.29, 0.717) is 6.42 Å². The van der Waals surface area contributed by atoms with E-state index < -0.39 is 12.3 Å². The predicted octanol–water partition coefficient (Wildman–Crippen LogP) is 3.11. The van der Waals surface area contributed by atoms with Crippen LogP contribution in [-0.2, 0) is 9.53 Å². The largest absolute Gasteiger partial charge is 0.573 e. The number of ketones is 1. The molecular formula is C13H13F3O4. The molecule has 4 nitrogen and oxygen atoms in total. The fourth-order valence-electron chi connectivity index (χ4n) is 1.48. The minimum absolute atomic E-state index is 0.120. The highest BCUT2D eigenvalue weighted by atomic mass is 19.4. The Kier molecular flexibility index (Phi) is 5.54. The zero-order chi connectivity index (χ0) is 15.2. The molecule has 0 saturated carbocycles. The van der Waals surface area contributed by atoms with Gasteiger partial charge in [0.1, 0.15) is 5.75 Å². The van der Waals surface area contributed by atoms with Gasteiger partial charge in [-0.15, -0.1) is 13.2 Å². The number of esters is 1. The standard InChI is InChI=1S/C13H13F3O4/c1-19-12(18)4-2-3-11(17)9-5-7-10(8-6-9)20-13(14,15)16/h5-8H,2-4H2,1H3. The Balaban J connectivity index is 2.51. The molecule has 0 heterocycles. The van der Waals surface area contributed by atoms with Crippen molar-refractivity contribution in [2.75, 3.05) is 7.11 Å². The maximum absolute atomic E-state index is 11.9. The van der Waals surface area contributed by atoms with Gasteiger partial charge in [0.05, 0.1) is 7.11 Å². The fourth-order valence-corrected chi connectivity index (χ4v) is 1.48. The van der Waals surface area contributed by atoms with Gasteiger partial charge in [-0.2, -0.15) is 0 Å². The summed E-state index contributed by atoms with van der Waals surface area (Å²) in [5.74, 6) is -1.05. The summed E-state index contributed by atoms with van der Waals surface area (Å²) in [6, 6.07) is 4.64. The maximum Gasteiger partial charge on any atom is 0.573 e. The molecule has 0 aliphatic rings. The summed E-state index contributed by atoms with van der Waals surface area (Å²) < 4.78 is 43.9. The number of hydrogen-bond acceptors (Lipinski definition) is 4. The average Bonchev–Trinajstić information content (AvgIpc) is 2.37. The van der Waals surface area contributed by atoms with Crippen LogP contribution in [0.5, 0.6) is 5.75 Å². The van der Waals surface area contributed by atoms with Crippen LogP contribution in [0.3, 0.4) is 0 Å². The van der Waals surface area contributed by atoms with E-state index in [2.05, 4.69) is 9.47 Å². The van der Waals surface area contributed by atoms with Crippen LogP contribution in [0.15, 0.2) is 24.3 Å². The minimum Gasteiger partial charge on any atom is -0.469 e. The number of carbonyl (C=O) groups is 2. The molecule has 0 radical (unpaired) electrons. The molecule has 1 aromatic rings. The Morgan fingerprint density at radius 3 is 2.20 bits per heavy atom. The first-order valence-electron chi connectivity index (χ1n) is 5.77. The van der Waals surface area contributed by atoms with Crippen LogP contribution in [0.1, 0.15) is 29.6 Å². The SMILES string of the molecule is COC(=O)CCCC(=O)c1ccc(OC(F)(F)F)cc1. The molecule has 0 spiro atoms.